The van der Waals surface area contributed by atoms with E-state index in [1.165, 1.54) is 17.2 Å². The van der Waals surface area contributed by atoms with Gasteiger partial charge in [-0.1, -0.05) is 54.1 Å². The van der Waals surface area contributed by atoms with E-state index in [4.69, 9.17) is 11.6 Å². The molecule has 4 nitrogen and oxygen atoms in total. The first-order valence-electron chi connectivity index (χ1n) is 7.69. The highest BCUT2D eigenvalue weighted by Crippen LogP contribution is 2.32. The first-order valence-corrected chi connectivity index (χ1v) is 9.57. The van der Waals surface area contributed by atoms with E-state index in [1.807, 2.05) is 30.3 Å². The number of nitrogens with zero attached hydrogens (tertiary/aromatic N) is 2. The number of rotatable bonds is 2. The summed E-state index contributed by atoms with van der Waals surface area (Å²) in [6, 6.07) is 13.9. The number of hydrogen-bond acceptors (Lipinski definition) is 3. The maximum Gasteiger partial charge on any atom is 0.278 e. The zero-order valence-corrected chi connectivity index (χ0v) is 14.9. The predicted molar refractivity (Wildman–Crippen MR) is 101 cm³/mol. The molecular formula is C19H12ClFN2O2S. The first-order chi connectivity index (χ1) is 12.4. The molecule has 0 saturated carbocycles. The lowest BCUT2D eigenvalue weighted by Gasteiger charge is -2.26. The molecule has 0 amide bonds. The van der Waals surface area contributed by atoms with E-state index in [-0.39, 0.29) is 5.84 Å². The Morgan fingerprint density at radius 3 is 2.54 bits per heavy atom. The van der Waals surface area contributed by atoms with Crippen molar-refractivity contribution in [2.24, 2.45) is 4.40 Å². The molecule has 4 rings (SSSR count). The highest BCUT2D eigenvalue weighted by molar-refractivity contribution is 7.93. The molecule has 0 spiro atoms. The Hall–Kier alpha value is -2.70. The minimum absolute atomic E-state index is 0.184. The molecule has 2 aliphatic rings. The van der Waals surface area contributed by atoms with Gasteiger partial charge in [0, 0.05) is 23.5 Å². The average molecular weight is 387 g/mol. The number of hydrogen-bond donors (Lipinski definition) is 0. The summed E-state index contributed by atoms with van der Waals surface area (Å²) < 4.78 is 42.1. The molecule has 0 unspecified atom stereocenters. The molecule has 0 aliphatic carbocycles. The molecule has 0 aromatic heterocycles. The van der Waals surface area contributed by atoms with Crippen LogP contribution in [0, 0.1) is 5.82 Å². The molecule has 0 bridgehead atoms. The van der Waals surface area contributed by atoms with Crippen LogP contribution in [-0.2, 0) is 10.0 Å². The van der Waals surface area contributed by atoms with Crippen LogP contribution in [0.4, 0.5) is 4.39 Å². The quantitative estimate of drug-likeness (QED) is 0.764. The molecule has 2 aliphatic heterocycles. The number of sulfonamides is 1. The highest BCUT2D eigenvalue weighted by atomic mass is 35.5. The van der Waals surface area contributed by atoms with Crippen LogP contribution < -0.4 is 0 Å². The summed E-state index contributed by atoms with van der Waals surface area (Å²) >= 11 is 6.13. The van der Waals surface area contributed by atoms with Gasteiger partial charge in [-0.3, -0.25) is 0 Å². The van der Waals surface area contributed by atoms with Crippen LogP contribution in [0.5, 0.6) is 0 Å². The number of fused-ring (bicyclic) bond motifs is 1. The van der Waals surface area contributed by atoms with Crippen molar-refractivity contribution in [2.45, 2.75) is 0 Å². The molecule has 7 heteroatoms. The maximum absolute atomic E-state index is 14.7. The Morgan fingerprint density at radius 2 is 1.81 bits per heavy atom. The summed E-state index contributed by atoms with van der Waals surface area (Å²) in [5.74, 6) is -0.231. The molecule has 2 aromatic rings. The van der Waals surface area contributed by atoms with E-state index in [2.05, 4.69) is 4.40 Å². The number of benzene rings is 2. The fourth-order valence-corrected chi connectivity index (χ4v) is 3.82. The van der Waals surface area contributed by atoms with Crippen LogP contribution in [-0.4, -0.2) is 19.2 Å². The van der Waals surface area contributed by atoms with Gasteiger partial charge in [0.2, 0.25) is 0 Å². The van der Waals surface area contributed by atoms with Crippen LogP contribution in [0.25, 0.3) is 16.7 Å². The van der Waals surface area contributed by atoms with Crippen LogP contribution in [0.15, 0.2) is 81.8 Å². The van der Waals surface area contributed by atoms with Crippen LogP contribution in [0.1, 0.15) is 5.56 Å². The second kappa shape index (κ2) is 6.23. The fourth-order valence-electron chi connectivity index (χ4n) is 2.82. The van der Waals surface area contributed by atoms with Crippen molar-refractivity contribution in [1.29, 1.82) is 0 Å². The number of halogens is 2. The second-order valence-electron chi connectivity index (χ2n) is 5.75. The zero-order chi connectivity index (χ0) is 18.3. The summed E-state index contributed by atoms with van der Waals surface area (Å²) in [5.41, 5.74) is 2.14. The maximum atomic E-state index is 14.7. The van der Waals surface area contributed by atoms with Crippen LogP contribution >= 0.6 is 11.6 Å². The molecule has 0 fully saturated rings. The Morgan fingerprint density at radius 1 is 1.04 bits per heavy atom. The average Bonchev–Trinajstić information content (AvgIpc) is 2.62. The molecule has 0 N–H and O–H groups in total. The van der Waals surface area contributed by atoms with Gasteiger partial charge in [-0.25, -0.2) is 4.39 Å². The lowest BCUT2D eigenvalue weighted by atomic mass is 9.97. The normalized spacial score (nSPS) is 17.9. The molecule has 0 atom stereocenters. The molecule has 26 heavy (non-hydrogen) atoms. The summed E-state index contributed by atoms with van der Waals surface area (Å²) in [4.78, 5) is 1.50. The van der Waals surface area contributed by atoms with Crippen LogP contribution in [0.2, 0.25) is 0 Å². The molecular weight excluding hydrogens is 375 g/mol. The van der Waals surface area contributed by atoms with Crippen molar-refractivity contribution < 1.29 is 12.8 Å². The Bertz CT molecular complexity index is 1120. The highest BCUT2D eigenvalue weighted by Gasteiger charge is 2.26. The first kappa shape index (κ1) is 16.8. The summed E-state index contributed by atoms with van der Waals surface area (Å²) in [6.45, 7) is 0. The second-order valence-corrected chi connectivity index (χ2v) is 7.68. The van der Waals surface area contributed by atoms with E-state index in [0.717, 1.165) is 11.0 Å². The fraction of sp³-hybridized carbons (Fsp3) is 0. The van der Waals surface area contributed by atoms with E-state index < -0.39 is 15.8 Å². The van der Waals surface area contributed by atoms with Gasteiger partial charge in [-0.05, 0) is 23.3 Å². The largest absolute Gasteiger partial charge is 0.305 e. The lowest BCUT2D eigenvalue weighted by Crippen LogP contribution is -2.28. The van der Waals surface area contributed by atoms with Gasteiger partial charge in [0.25, 0.3) is 10.0 Å². The topological polar surface area (TPSA) is 49.7 Å². The van der Waals surface area contributed by atoms with Crippen molar-refractivity contribution in [2.75, 3.05) is 0 Å². The monoisotopic (exact) mass is 386 g/mol. The van der Waals surface area contributed by atoms with E-state index >= 15 is 0 Å². The smallest absolute Gasteiger partial charge is 0.278 e. The molecule has 0 saturated heterocycles. The molecule has 2 aromatic carbocycles. The van der Waals surface area contributed by atoms with Gasteiger partial charge in [-0.15, -0.1) is 4.40 Å². The van der Waals surface area contributed by atoms with Gasteiger partial charge in [-0.2, -0.15) is 8.42 Å². The molecule has 130 valence electrons. The minimum Gasteiger partial charge on any atom is -0.305 e. The third kappa shape index (κ3) is 3.09. The summed E-state index contributed by atoms with van der Waals surface area (Å²) in [6.07, 6.45) is 4.48. The summed E-state index contributed by atoms with van der Waals surface area (Å²) in [7, 11) is -3.71. The third-order valence-corrected chi connectivity index (χ3v) is 5.10. The van der Waals surface area contributed by atoms with E-state index in [1.54, 1.807) is 24.4 Å². The van der Waals surface area contributed by atoms with E-state index in [9.17, 15) is 12.8 Å². The lowest BCUT2D eigenvalue weighted by molar-refractivity contribution is 0.602. The van der Waals surface area contributed by atoms with Crippen molar-refractivity contribution in [1.82, 2.24) is 4.90 Å². The third-order valence-electron chi connectivity index (χ3n) is 4.00. The minimum atomic E-state index is -3.71. The van der Waals surface area contributed by atoms with Crippen molar-refractivity contribution in [3.05, 3.63) is 88.8 Å². The van der Waals surface area contributed by atoms with Gasteiger partial charge < -0.3 is 4.90 Å². The number of allylic oxidation sites excluding steroid dienone is 2. The standard InChI is InChI=1S/C19H12ClFN2O2S/c20-15-11-17(19-22-26(24,25)9-8-23(19)12-15)14-6-7-16(18(21)10-14)13-4-2-1-3-5-13/h1-12H. The Kier molecular flexibility index (Phi) is 4.01. The SMILES string of the molecule is O=S1(=O)C=CN2C=C(Cl)C=C(c3ccc(-c4ccccc4)c(F)c3)C2=N1. The van der Waals surface area contributed by atoms with Crippen molar-refractivity contribution >= 4 is 33.0 Å². The predicted octanol–water partition coefficient (Wildman–Crippen LogP) is 4.49. The van der Waals surface area contributed by atoms with E-state index in [0.29, 0.717) is 21.7 Å². The van der Waals surface area contributed by atoms with Crippen molar-refractivity contribution in [3.8, 4) is 11.1 Å². The van der Waals surface area contributed by atoms with Gasteiger partial charge in [0.05, 0.1) is 10.4 Å². The molecule has 2 heterocycles. The number of amidine groups is 1. The van der Waals surface area contributed by atoms with Crippen molar-refractivity contribution in [3.63, 3.8) is 0 Å². The van der Waals surface area contributed by atoms with Gasteiger partial charge in [0.1, 0.15) is 5.82 Å². The Labute approximate surface area is 155 Å². The van der Waals surface area contributed by atoms with Crippen LogP contribution in [0.3, 0.4) is 0 Å². The Balaban J connectivity index is 1.81. The zero-order valence-electron chi connectivity index (χ0n) is 13.3. The van der Waals surface area contributed by atoms with Gasteiger partial charge in [0.15, 0.2) is 5.84 Å². The van der Waals surface area contributed by atoms with Gasteiger partial charge >= 0.3 is 0 Å². The summed E-state index contributed by atoms with van der Waals surface area (Å²) in [5, 5.41) is 1.37. The molecule has 0 radical (unpaired) electrons.